The van der Waals surface area contributed by atoms with Gasteiger partial charge in [0.05, 0.1) is 6.20 Å². The molecule has 2 N–H and O–H groups in total. The van der Waals surface area contributed by atoms with Gasteiger partial charge < -0.3 is 15.0 Å². The van der Waals surface area contributed by atoms with Gasteiger partial charge in [0.1, 0.15) is 11.3 Å². The number of hydrogen-bond acceptors (Lipinski definition) is 4. The molecule has 0 bridgehead atoms. The Morgan fingerprint density at radius 2 is 2.29 bits per heavy atom. The number of nitrogens with zero attached hydrogens (tertiary/aromatic N) is 2. The minimum absolute atomic E-state index is 0.277. The highest BCUT2D eigenvalue weighted by Crippen LogP contribution is 2.23. The monoisotopic (exact) mass is 280 g/mol. The van der Waals surface area contributed by atoms with E-state index in [0.29, 0.717) is 23.0 Å². The first-order chi connectivity index (χ1) is 10.2. The van der Waals surface area contributed by atoms with Gasteiger partial charge in [0, 0.05) is 18.0 Å². The highest BCUT2D eigenvalue weighted by molar-refractivity contribution is 5.98. The van der Waals surface area contributed by atoms with Crippen molar-refractivity contribution in [2.24, 2.45) is 0 Å². The zero-order chi connectivity index (χ0) is 14.7. The number of H-pyrrole nitrogens is 1. The van der Waals surface area contributed by atoms with Gasteiger partial charge in [0.15, 0.2) is 5.65 Å². The molecule has 0 radical (unpaired) electrons. The number of carbonyl (C=O) groups excluding carboxylic acids is 1. The van der Waals surface area contributed by atoms with Crippen molar-refractivity contribution >= 4 is 22.8 Å². The molecule has 0 spiro atoms. The van der Waals surface area contributed by atoms with E-state index in [4.69, 9.17) is 4.74 Å². The van der Waals surface area contributed by atoms with Crippen LogP contribution >= 0.6 is 0 Å². The van der Waals surface area contributed by atoms with Crippen molar-refractivity contribution in [1.29, 1.82) is 0 Å². The molecule has 1 aromatic carbocycles. The first kappa shape index (κ1) is 12.9. The lowest BCUT2D eigenvalue weighted by molar-refractivity contribution is -0.111. The van der Waals surface area contributed by atoms with E-state index in [2.05, 4.69) is 26.8 Å². The van der Waals surface area contributed by atoms with Crippen LogP contribution in [0.15, 0.2) is 55.4 Å². The summed E-state index contributed by atoms with van der Waals surface area (Å²) < 4.78 is 5.65. The van der Waals surface area contributed by atoms with Crippen molar-refractivity contribution in [3.63, 3.8) is 0 Å². The highest BCUT2D eigenvalue weighted by atomic mass is 16.5. The number of ether oxygens (including phenoxy) is 1. The van der Waals surface area contributed by atoms with E-state index in [9.17, 15) is 4.79 Å². The van der Waals surface area contributed by atoms with Crippen molar-refractivity contribution < 1.29 is 9.53 Å². The molecule has 0 aliphatic rings. The lowest BCUT2D eigenvalue weighted by Gasteiger charge is -2.07. The summed E-state index contributed by atoms with van der Waals surface area (Å²) in [6.07, 6.45) is 4.51. The van der Waals surface area contributed by atoms with Crippen molar-refractivity contribution in [2.75, 3.05) is 5.32 Å². The van der Waals surface area contributed by atoms with Crippen LogP contribution in [-0.4, -0.2) is 20.9 Å². The van der Waals surface area contributed by atoms with Crippen LogP contribution in [0.4, 0.5) is 5.69 Å². The zero-order valence-electron chi connectivity index (χ0n) is 11.0. The van der Waals surface area contributed by atoms with E-state index in [1.54, 1.807) is 30.5 Å². The lowest BCUT2D eigenvalue weighted by Crippen LogP contribution is -2.07. The Morgan fingerprint density at radius 1 is 1.38 bits per heavy atom. The van der Waals surface area contributed by atoms with Crippen LogP contribution in [0.25, 0.3) is 11.2 Å². The van der Waals surface area contributed by atoms with Crippen LogP contribution in [0.1, 0.15) is 0 Å². The third kappa shape index (κ3) is 2.89. The quantitative estimate of drug-likeness (QED) is 0.720. The number of carbonyl (C=O) groups is 1. The Morgan fingerprint density at radius 3 is 3.14 bits per heavy atom. The van der Waals surface area contributed by atoms with Gasteiger partial charge in [0.2, 0.25) is 11.8 Å². The molecule has 3 aromatic rings. The number of aromatic amines is 1. The van der Waals surface area contributed by atoms with Crippen LogP contribution in [0.2, 0.25) is 0 Å². The summed E-state index contributed by atoms with van der Waals surface area (Å²) in [5.74, 6) is 0.663. The third-order valence-corrected chi connectivity index (χ3v) is 2.75. The van der Waals surface area contributed by atoms with E-state index in [1.165, 1.54) is 12.3 Å². The maximum absolute atomic E-state index is 11.3. The second-order valence-electron chi connectivity index (χ2n) is 4.24. The maximum atomic E-state index is 11.3. The predicted molar refractivity (Wildman–Crippen MR) is 79.2 cm³/mol. The molecule has 0 unspecified atom stereocenters. The SMILES string of the molecule is C=CC(=O)Nc1cccc(Oc2cnc3[nH]ccc3n2)c1. The first-order valence-electron chi connectivity index (χ1n) is 6.26. The average Bonchev–Trinajstić information content (AvgIpc) is 2.95. The van der Waals surface area contributed by atoms with Gasteiger partial charge in [-0.2, -0.15) is 0 Å². The largest absolute Gasteiger partial charge is 0.437 e. The fourth-order valence-corrected chi connectivity index (χ4v) is 1.81. The molecule has 21 heavy (non-hydrogen) atoms. The summed E-state index contributed by atoms with van der Waals surface area (Å²) in [6, 6.07) is 8.82. The van der Waals surface area contributed by atoms with Gasteiger partial charge in [0.25, 0.3) is 0 Å². The Hall–Kier alpha value is -3.15. The van der Waals surface area contributed by atoms with Crippen molar-refractivity contribution in [3.8, 4) is 11.6 Å². The normalized spacial score (nSPS) is 10.3. The molecule has 0 saturated carbocycles. The molecule has 3 rings (SSSR count). The Bertz CT molecular complexity index is 810. The van der Waals surface area contributed by atoms with Crippen molar-refractivity contribution in [3.05, 3.63) is 55.4 Å². The molecule has 104 valence electrons. The van der Waals surface area contributed by atoms with Crippen LogP contribution in [0.3, 0.4) is 0 Å². The minimum atomic E-state index is -0.277. The maximum Gasteiger partial charge on any atom is 0.247 e. The molecule has 6 heteroatoms. The smallest absolute Gasteiger partial charge is 0.247 e. The molecule has 0 aliphatic heterocycles. The van der Waals surface area contributed by atoms with Gasteiger partial charge in [-0.25, -0.2) is 9.97 Å². The number of nitrogens with one attached hydrogen (secondary N) is 2. The highest BCUT2D eigenvalue weighted by Gasteiger charge is 2.04. The van der Waals surface area contributed by atoms with Crippen LogP contribution in [0, 0.1) is 0 Å². The summed E-state index contributed by atoms with van der Waals surface area (Å²) in [6.45, 7) is 3.41. The second-order valence-corrected chi connectivity index (χ2v) is 4.24. The Balaban J connectivity index is 1.81. The van der Waals surface area contributed by atoms with E-state index >= 15 is 0 Å². The number of hydrogen-bond donors (Lipinski definition) is 2. The van der Waals surface area contributed by atoms with Gasteiger partial charge in [-0.1, -0.05) is 12.6 Å². The number of amides is 1. The third-order valence-electron chi connectivity index (χ3n) is 2.75. The van der Waals surface area contributed by atoms with Crippen molar-refractivity contribution in [2.45, 2.75) is 0 Å². The number of fused-ring (bicyclic) bond motifs is 1. The summed E-state index contributed by atoms with van der Waals surface area (Å²) in [7, 11) is 0. The lowest BCUT2D eigenvalue weighted by atomic mass is 10.3. The average molecular weight is 280 g/mol. The molecular formula is C15H12N4O2. The molecular weight excluding hydrogens is 268 g/mol. The van der Waals surface area contributed by atoms with Gasteiger partial charge in [-0.3, -0.25) is 4.79 Å². The molecule has 6 nitrogen and oxygen atoms in total. The standard InChI is InChI=1S/C15H12N4O2/c1-2-13(20)18-10-4-3-5-11(8-10)21-14-9-17-15-12(19-14)6-7-16-15/h2-9H,1H2,(H,16,17)(H,18,20). The fraction of sp³-hybridized carbons (Fsp3) is 0. The summed E-state index contributed by atoms with van der Waals surface area (Å²) >= 11 is 0. The zero-order valence-corrected chi connectivity index (χ0v) is 11.0. The number of benzene rings is 1. The molecule has 0 fully saturated rings. The summed E-state index contributed by atoms with van der Waals surface area (Å²) in [5, 5.41) is 2.67. The van der Waals surface area contributed by atoms with Gasteiger partial charge in [-0.15, -0.1) is 0 Å². The van der Waals surface area contributed by atoms with Crippen LogP contribution in [-0.2, 0) is 4.79 Å². The minimum Gasteiger partial charge on any atom is -0.437 e. The first-order valence-corrected chi connectivity index (χ1v) is 6.26. The van der Waals surface area contributed by atoms with Crippen LogP contribution in [0.5, 0.6) is 11.6 Å². The van der Waals surface area contributed by atoms with E-state index in [1.807, 2.05) is 6.07 Å². The molecule has 0 atom stereocenters. The topological polar surface area (TPSA) is 79.9 Å². The van der Waals surface area contributed by atoms with E-state index < -0.39 is 0 Å². The molecule has 2 aromatic heterocycles. The fourth-order valence-electron chi connectivity index (χ4n) is 1.81. The Labute approximate surface area is 120 Å². The van der Waals surface area contributed by atoms with Gasteiger partial charge in [-0.05, 0) is 24.3 Å². The summed E-state index contributed by atoms with van der Waals surface area (Å²) in [5.41, 5.74) is 2.05. The molecule has 0 aliphatic carbocycles. The van der Waals surface area contributed by atoms with Crippen LogP contribution < -0.4 is 10.1 Å². The second kappa shape index (κ2) is 5.46. The number of rotatable bonds is 4. The van der Waals surface area contributed by atoms with Gasteiger partial charge >= 0.3 is 0 Å². The predicted octanol–water partition coefficient (Wildman–Crippen LogP) is 2.87. The Kier molecular flexibility index (Phi) is 3.34. The number of anilines is 1. The van der Waals surface area contributed by atoms with Crippen molar-refractivity contribution in [1.82, 2.24) is 15.0 Å². The van der Waals surface area contributed by atoms with E-state index in [0.717, 1.165) is 5.52 Å². The number of aromatic nitrogens is 3. The summed E-state index contributed by atoms with van der Waals surface area (Å²) in [4.78, 5) is 22.7. The van der Waals surface area contributed by atoms with E-state index in [-0.39, 0.29) is 5.91 Å². The molecule has 2 heterocycles. The molecule has 1 amide bonds. The molecule has 0 saturated heterocycles.